The molecule has 1 aliphatic heterocycles. The summed E-state index contributed by atoms with van der Waals surface area (Å²) >= 11 is 3.71. The van der Waals surface area contributed by atoms with Crippen molar-refractivity contribution in [1.29, 1.82) is 0 Å². The number of aromatic nitrogens is 3. The summed E-state index contributed by atoms with van der Waals surface area (Å²) in [5.74, 6) is 1.50. The van der Waals surface area contributed by atoms with E-state index in [-0.39, 0.29) is 5.91 Å². The number of carbonyl (C=O) groups is 1. The van der Waals surface area contributed by atoms with Crippen molar-refractivity contribution in [3.05, 3.63) is 104 Å². The first-order chi connectivity index (χ1) is 19.2. The number of amides is 1. The number of carbonyl (C=O) groups excluding carboxylic acids is 1. The van der Waals surface area contributed by atoms with E-state index in [0.717, 1.165) is 27.9 Å². The maximum atomic E-state index is 13.8. The molecule has 0 aliphatic carbocycles. The van der Waals surface area contributed by atoms with Gasteiger partial charge in [0.2, 0.25) is 5.95 Å². The highest BCUT2D eigenvalue weighted by molar-refractivity contribution is 9.10. The summed E-state index contributed by atoms with van der Waals surface area (Å²) in [6.45, 7) is 10.7. The van der Waals surface area contributed by atoms with E-state index in [4.69, 9.17) is 9.47 Å². The Hall–Kier alpha value is -4.11. The van der Waals surface area contributed by atoms with Crippen LogP contribution in [0.15, 0.2) is 76.7 Å². The SMILES string of the molecule is CCOc1cc(C2C(C(=O)Nc3ccc(C)cc3C)=C(C)Nc3ncnn32)cc(Br)c1OCc1cccc(C)c1. The van der Waals surface area contributed by atoms with Crippen LogP contribution in [-0.2, 0) is 11.4 Å². The molecule has 0 fully saturated rings. The van der Waals surface area contributed by atoms with Gasteiger partial charge in [-0.3, -0.25) is 4.79 Å². The molecule has 0 bridgehead atoms. The number of anilines is 2. The van der Waals surface area contributed by atoms with Crippen molar-refractivity contribution in [1.82, 2.24) is 14.8 Å². The molecule has 1 atom stereocenters. The standard InChI is InChI=1S/C31H32BrN5O3/c1-6-39-26-15-23(14-24(32)29(26)40-16-22-9-7-8-18(2)13-22)28-27(21(5)35-31-33-17-34-37(28)31)30(38)36-25-11-10-19(3)12-20(25)4/h7-15,17,28H,6,16H2,1-5H3,(H,36,38)(H,33,34,35). The maximum Gasteiger partial charge on any atom is 0.255 e. The molecule has 2 N–H and O–H groups in total. The molecular weight excluding hydrogens is 570 g/mol. The molecule has 40 heavy (non-hydrogen) atoms. The fourth-order valence-corrected chi connectivity index (χ4v) is 5.52. The van der Waals surface area contributed by atoms with Gasteiger partial charge in [0.1, 0.15) is 19.0 Å². The number of hydrogen-bond donors (Lipinski definition) is 2. The van der Waals surface area contributed by atoms with Crippen LogP contribution >= 0.6 is 15.9 Å². The normalized spacial score (nSPS) is 14.4. The number of ether oxygens (including phenoxy) is 2. The van der Waals surface area contributed by atoms with Gasteiger partial charge in [0.25, 0.3) is 5.91 Å². The fraction of sp³-hybridized carbons (Fsp3) is 0.258. The lowest BCUT2D eigenvalue weighted by molar-refractivity contribution is -0.113. The highest BCUT2D eigenvalue weighted by Gasteiger charge is 2.34. The smallest absolute Gasteiger partial charge is 0.255 e. The van der Waals surface area contributed by atoms with E-state index in [2.05, 4.69) is 55.7 Å². The van der Waals surface area contributed by atoms with Gasteiger partial charge < -0.3 is 20.1 Å². The molecule has 1 aromatic heterocycles. The number of hydrogen-bond acceptors (Lipinski definition) is 6. The molecule has 8 nitrogen and oxygen atoms in total. The molecule has 5 rings (SSSR count). The number of halogens is 1. The first-order valence-corrected chi connectivity index (χ1v) is 13.9. The average molecular weight is 603 g/mol. The molecule has 0 spiro atoms. The lowest BCUT2D eigenvalue weighted by Crippen LogP contribution is -2.31. The third kappa shape index (κ3) is 5.60. The van der Waals surface area contributed by atoms with Gasteiger partial charge in [0.15, 0.2) is 11.5 Å². The number of nitrogens with zero attached hydrogens (tertiary/aromatic N) is 3. The van der Waals surface area contributed by atoms with Crippen molar-refractivity contribution in [2.75, 3.05) is 17.2 Å². The lowest BCUT2D eigenvalue weighted by atomic mass is 9.94. The number of rotatable bonds is 8. The number of aryl methyl sites for hydroxylation is 3. The minimum atomic E-state index is -0.550. The van der Waals surface area contributed by atoms with Gasteiger partial charge in [-0.05, 0) is 85.4 Å². The quantitative estimate of drug-likeness (QED) is 0.229. The number of allylic oxidation sites excluding steroid dienone is 1. The van der Waals surface area contributed by atoms with Crippen molar-refractivity contribution < 1.29 is 14.3 Å². The molecular formula is C31H32BrN5O3. The maximum absolute atomic E-state index is 13.8. The van der Waals surface area contributed by atoms with Gasteiger partial charge in [-0.25, -0.2) is 4.68 Å². The predicted molar refractivity (Wildman–Crippen MR) is 160 cm³/mol. The topological polar surface area (TPSA) is 90.3 Å². The molecule has 0 saturated heterocycles. The Balaban J connectivity index is 1.53. The van der Waals surface area contributed by atoms with Crippen LogP contribution < -0.4 is 20.1 Å². The molecule has 0 radical (unpaired) electrons. The Morgan fingerprint density at radius 3 is 2.60 bits per heavy atom. The molecule has 2 heterocycles. The van der Waals surface area contributed by atoms with Crippen LogP contribution in [0.2, 0.25) is 0 Å². The van der Waals surface area contributed by atoms with Crippen molar-refractivity contribution in [3.63, 3.8) is 0 Å². The van der Waals surface area contributed by atoms with Crippen molar-refractivity contribution in [3.8, 4) is 11.5 Å². The summed E-state index contributed by atoms with van der Waals surface area (Å²) in [5, 5.41) is 10.8. The summed E-state index contributed by atoms with van der Waals surface area (Å²) in [4.78, 5) is 18.2. The largest absolute Gasteiger partial charge is 0.490 e. The van der Waals surface area contributed by atoms with E-state index in [1.165, 1.54) is 11.9 Å². The van der Waals surface area contributed by atoms with Crippen LogP contribution in [-0.4, -0.2) is 27.3 Å². The molecule has 206 valence electrons. The summed E-state index contributed by atoms with van der Waals surface area (Å²) in [6.07, 6.45) is 1.48. The average Bonchev–Trinajstić information content (AvgIpc) is 3.37. The van der Waals surface area contributed by atoms with Crippen molar-refractivity contribution in [2.45, 2.75) is 47.3 Å². The lowest BCUT2D eigenvalue weighted by Gasteiger charge is -2.29. The third-order valence-electron chi connectivity index (χ3n) is 6.78. The van der Waals surface area contributed by atoms with Crippen molar-refractivity contribution in [2.24, 2.45) is 0 Å². The van der Waals surface area contributed by atoms with Crippen LogP contribution in [0.1, 0.15) is 47.7 Å². The molecule has 1 unspecified atom stereocenters. The number of nitrogens with one attached hydrogen (secondary N) is 2. The zero-order chi connectivity index (χ0) is 28.4. The fourth-order valence-electron chi connectivity index (χ4n) is 4.94. The molecule has 3 aromatic carbocycles. The zero-order valence-electron chi connectivity index (χ0n) is 23.2. The van der Waals surface area contributed by atoms with E-state index in [1.54, 1.807) is 4.68 Å². The second-order valence-electron chi connectivity index (χ2n) is 9.91. The molecule has 9 heteroatoms. The van der Waals surface area contributed by atoms with Crippen LogP contribution in [0.5, 0.6) is 11.5 Å². The second-order valence-corrected chi connectivity index (χ2v) is 10.8. The van der Waals surface area contributed by atoms with Gasteiger partial charge in [0, 0.05) is 11.4 Å². The number of benzene rings is 3. The van der Waals surface area contributed by atoms with Crippen LogP contribution in [0.25, 0.3) is 0 Å². The minimum Gasteiger partial charge on any atom is -0.490 e. The Bertz CT molecular complexity index is 1610. The first kappa shape index (κ1) is 27.5. The monoisotopic (exact) mass is 601 g/mol. The Labute approximate surface area is 242 Å². The summed E-state index contributed by atoms with van der Waals surface area (Å²) in [5.41, 5.74) is 7.14. The summed E-state index contributed by atoms with van der Waals surface area (Å²) in [7, 11) is 0. The van der Waals surface area contributed by atoms with Gasteiger partial charge in [-0.1, -0.05) is 47.5 Å². The van der Waals surface area contributed by atoms with Crippen LogP contribution in [0.4, 0.5) is 11.6 Å². The molecule has 0 saturated carbocycles. The zero-order valence-corrected chi connectivity index (χ0v) is 24.8. The van der Waals surface area contributed by atoms with E-state index in [1.807, 2.05) is 70.2 Å². The summed E-state index contributed by atoms with van der Waals surface area (Å²) in [6, 6.07) is 17.5. The van der Waals surface area contributed by atoms with Gasteiger partial charge in [-0.2, -0.15) is 10.1 Å². The van der Waals surface area contributed by atoms with Gasteiger partial charge in [0.05, 0.1) is 16.7 Å². The Morgan fingerprint density at radius 2 is 1.85 bits per heavy atom. The van der Waals surface area contributed by atoms with E-state index in [0.29, 0.717) is 46.4 Å². The van der Waals surface area contributed by atoms with E-state index in [9.17, 15) is 4.79 Å². The predicted octanol–water partition coefficient (Wildman–Crippen LogP) is 6.87. The first-order valence-electron chi connectivity index (χ1n) is 13.2. The van der Waals surface area contributed by atoms with Gasteiger partial charge >= 0.3 is 0 Å². The van der Waals surface area contributed by atoms with Crippen LogP contribution in [0.3, 0.4) is 0 Å². The third-order valence-corrected chi connectivity index (χ3v) is 7.37. The molecule has 4 aromatic rings. The Kier molecular flexibility index (Phi) is 7.93. The highest BCUT2D eigenvalue weighted by Crippen LogP contribution is 2.43. The minimum absolute atomic E-state index is 0.225. The molecule has 1 amide bonds. The van der Waals surface area contributed by atoms with Crippen LogP contribution in [0, 0.1) is 20.8 Å². The Morgan fingerprint density at radius 1 is 1.05 bits per heavy atom. The van der Waals surface area contributed by atoms with E-state index >= 15 is 0 Å². The highest BCUT2D eigenvalue weighted by atomic mass is 79.9. The van der Waals surface area contributed by atoms with Gasteiger partial charge in [-0.15, -0.1) is 0 Å². The van der Waals surface area contributed by atoms with E-state index < -0.39 is 6.04 Å². The molecule has 1 aliphatic rings. The number of fused-ring (bicyclic) bond motifs is 1. The summed E-state index contributed by atoms with van der Waals surface area (Å²) < 4.78 is 14.7. The second kappa shape index (κ2) is 11.6. The van der Waals surface area contributed by atoms with Crippen molar-refractivity contribution >= 4 is 33.5 Å².